The zero-order valence-corrected chi connectivity index (χ0v) is 12.5. The van der Waals surface area contributed by atoms with Crippen LogP contribution in [0, 0.1) is 0 Å². The molecule has 0 aromatic rings. The summed E-state index contributed by atoms with van der Waals surface area (Å²) >= 11 is 0. The lowest BCUT2D eigenvalue weighted by atomic mass is 10.1. The van der Waals surface area contributed by atoms with E-state index in [1.807, 2.05) is 0 Å². The quantitative estimate of drug-likeness (QED) is 0.363. The van der Waals surface area contributed by atoms with Crippen LogP contribution in [0.25, 0.3) is 0 Å². The maximum atomic E-state index is 9.90. The zero-order chi connectivity index (χ0) is 16.0. The largest absolute Gasteiger partial charge is 0.481 e. The molecule has 0 rings (SSSR count). The van der Waals surface area contributed by atoms with Gasteiger partial charge >= 0.3 is 11.9 Å². The van der Waals surface area contributed by atoms with Gasteiger partial charge in [0.15, 0.2) is 5.79 Å². The van der Waals surface area contributed by atoms with Gasteiger partial charge in [-0.15, -0.1) is 0 Å². The highest BCUT2D eigenvalue weighted by molar-refractivity contribution is 5.67. The molecule has 120 valence electrons. The van der Waals surface area contributed by atoms with Gasteiger partial charge in [-0.3, -0.25) is 9.59 Å². The van der Waals surface area contributed by atoms with Crippen molar-refractivity contribution < 1.29 is 30.0 Å². The third kappa shape index (κ3) is 19.2. The second-order valence-corrected chi connectivity index (χ2v) is 4.79. The van der Waals surface area contributed by atoms with E-state index < -0.39 is 17.7 Å². The Balaban J connectivity index is 0. The second-order valence-electron chi connectivity index (χ2n) is 4.79. The first-order valence-electron chi connectivity index (χ1n) is 7.13. The first-order valence-corrected chi connectivity index (χ1v) is 7.13. The molecule has 0 bridgehead atoms. The summed E-state index contributed by atoms with van der Waals surface area (Å²) in [7, 11) is 0. The van der Waals surface area contributed by atoms with Crippen LogP contribution < -0.4 is 0 Å². The Hall–Kier alpha value is -1.14. The molecule has 0 atom stereocenters. The third-order valence-electron chi connectivity index (χ3n) is 2.78. The number of hydrogen-bond acceptors (Lipinski definition) is 4. The highest BCUT2D eigenvalue weighted by Crippen LogP contribution is 2.14. The number of rotatable bonds is 10. The SMILES string of the molecule is CCCCCC(O)(O)CC.O=C(O)CCCCC(=O)O. The molecule has 0 aromatic heterocycles. The summed E-state index contributed by atoms with van der Waals surface area (Å²) in [5.74, 6) is -3.15. The van der Waals surface area contributed by atoms with Crippen molar-refractivity contribution in [1.29, 1.82) is 0 Å². The van der Waals surface area contributed by atoms with Crippen LogP contribution in [0.5, 0.6) is 0 Å². The fourth-order valence-corrected chi connectivity index (χ4v) is 1.39. The highest BCUT2D eigenvalue weighted by atomic mass is 16.5. The van der Waals surface area contributed by atoms with Gasteiger partial charge in [0.25, 0.3) is 0 Å². The van der Waals surface area contributed by atoms with Crippen molar-refractivity contribution in [2.45, 2.75) is 77.4 Å². The Morgan fingerprint density at radius 1 is 0.850 bits per heavy atom. The molecule has 0 amide bonds. The Bertz CT molecular complexity index is 246. The van der Waals surface area contributed by atoms with Crippen molar-refractivity contribution in [3.63, 3.8) is 0 Å². The monoisotopic (exact) mass is 292 g/mol. The van der Waals surface area contributed by atoms with Gasteiger partial charge in [0.05, 0.1) is 0 Å². The number of aliphatic carboxylic acids is 2. The summed E-state index contributed by atoms with van der Waals surface area (Å²) in [4.78, 5) is 19.8. The number of carbonyl (C=O) groups is 2. The average Bonchev–Trinajstić information content (AvgIpc) is 2.35. The van der Waals surface area contributed by atoms with Crippen LogP contribution in [-0.2, 0) is 9.59 Å². The van der Waals surface area contributed by atoms with E-state index in [1.165, 1.54) is 0 Å². The van der Waals surface area contributed by atoms with Crippen LogP contribution in [0.1, 0.15) is 71.6 Å². The summed E-state index contributed by atoms with van der Waals surface area (Å²) in [6.45, 7) is 3.88. The molecule has 0 aliphatic carbocycles. The van der Waals surface area contributed by atoms with Crippen LogP contribution >= 0.6 is 0 Å². The van der Waals surface area contributed by atoms with Gasteiger partial charge in [0, 0.05) is 19.3 Å². The fraction of sp³-hybridized carbons (Fsp3) is 0.857. The van der Waals surface area contributed by atoms with E-state index in [2.05, 4.69) is 6.92 Å². The van der Waals surface area contributed by atoms with Gasteiger partial charge in [0.2, 0.25) is 0 Å². The van der Waals surface area contributed by atoms with Gasteiger partial charge in [-0.1, -0.05) is 26.7 Å². The minimum absolute atomic E-state index is 0.0628. The van der Waals surface area contributed by atoms with Crippen molar-refractivity contribution in [2.24, 2.45) is 0 Å². The first-order chi connectivity index (χ1) is 9.25. The zero-order valence-electron chi connectivity index (χ0n) is 12.5. The molecule has 0 spiro atoms. The molecule has 6 heteroatoms. The van der Waals surface area contributed by atoms with Crippen molar-refractivity contribution in [3.05, 3.63) is 0 Å². The maximum absolute atomic E-state index is 9.90. The summed E-state index contributed by atoms with van der Waals surface area (Å²) < 4.78 is 0. The minimum Gasteiger partial charge on any atom is -0.481 e. The van der Waals surface area contributed by atoms with E-state index in [9.17, 15) is 9.59 Å². The topological polar surface area (TPSA) is 115 Å². The van der Waals surface area contributed by atoms with Crippen LogP contribution in [0.4, 0.5) is 0 Å². The molecule has 0 aliphatic rings. The molecule has 0 saturated heterocycles. The number of carboxylic acids is 2. The Morgan fingerprint density at radius 3 is 1.60 bits per heavy atom. The predicted octanol–water partition coefficient (Wildman–Crippen LogP) is 2.37. The van der Waals surface area contributed by atoms with E-state index in [0.29, 0.717) is 25.7 Å². The molecule has 4 N–H and O–H groups in total. The summed E-state index contributed by atoms with van der Waals surface area (Å²) in [5, 5.41) is 34.5. The normalized spacial score (nSPS) is 10.6. The molecule has 0 saturated carbocycles. The van der Waals surface area contributed by atoms with Gasteiger partial charge < -0.3 is 20.4 Å². The Labute approximate surface area is 120 Å². The van der Waals surface area contributed by atoms with E-state index >= 15 is 0 Å². The Kier molecular flexibility index (Phi) is 13.6. The van der Waals surface area contributed by atoms with Gasteiger partial charge in [0.1, 0.15) is 0 Å². The average molecular weight is 292 g/mol. The number of hydrogen-bond donors (Lipinski definition) is 4. The molecule has 0 heterocycles. The van der Waals surface area contributed by atoms with Crippen LogP contribution in [-0.4, -0.2) is 38.2 Å². The Morgan fingerprint density at radius 2 is 1.30 bits per heavy atom. The van der Waals surface area contributed by atoms with Gasteiger partial charge in [-0.2, -0.15) is 0 Å². The van der Waals surface area contributed by atoms with Gasteiger partial charge in [-0.05, 0) is 25.7 Å². The van der Waals surface area contributed by atoms with Gasteiger partial charge in [-0.25, -0.2) is 0 Å². The number of aliphatic hydroxyl groups is 2. The number of unbranched alkanes of at least 4 members (excludes halogenated alkanes) is 3. The lowest BCUT2D eigenvalue weighted by Gasteiger charge is -2.18. The van der Waals surface area contributed by atoms with Crippen molar-refractivity contribution >= 4 is 11.9 Å². The molecule has 20 heavy (non-hydrogen) atoms. The third-order valence-corrected chi connectivity index (χ3v) is 2.78. The van der Waals surface area contributed by atoms with E-state index in [4.69, 9.17) is 20.4 Å². The fourth-order valence-electron chi connectivity index (χ4n) is 1.39. The minimum atomic E-state index is -1.41. The second kappa shape index (κ2) is 12.9. The molecule has 6 nitrogen and oxygen atoms in total. The van der Waals surface area contributed by atoms with E-state index in [1.54, 1.807) is 6.92 Å². The summed E-state index contributed by atoms with van der Waals surface area (Å²) in [5.41, 5.74) is 0. The van der Waals surface area contributed by atoms with Crippen LogP contribution in [0.2, 0.25) is 0 Å². The molecule has 0 aliphatic heterocycles. The molecule has 0 aromatic carbocycles. The van der Waals surface area contributed by atoms with Crippen molar-refractivity contribution in [2.75, 3.05) is 0 Å². The standard InChI is InChI=1S/C8H18O2.C6H10O4/c1-3-5-6-7-8(9,10)4-2;7-5(8)3-1-2-4-6(9)10/h9-10H,3-7H2,1-2H3;1-4H2,(H,7,8)(H,9,10). The smallest absolute Gasteiger partial charge is 0.303 e. The molecule has 0 unspecified atom stereocenters. The van der Waals surface area contributed by atoms with Crippen LogP contribution in [0.15, 0.2) is 0 Å². The lowest BCUT2D eigenvalue weighted by Crippen LogP contribution is -2.26. The summed E-state index contributed by atoms with van der Waals surface area (Å²) in [6.07, 6.45) is 5.08. The molecular formula is C14H28O6. The molecule has 0 fully saturated rings. The highest BCUT2D eigenvalue weighted by Gasteiger charge is 2.18. The van der Waals surface area contributed by atoms with Crippen molar-refractivity contribution in [3.8, 4) is 0 Å². The molecular weight excluding hydrogens is 264 g/mol. The number of carboxylic acid groups (broad SMARTS) is 2. The maximum Gasteiger partial charge on any atom is 0.303 e. The van der Waals surface area contributed by atoms with Crippen molar-refractivity contribution in [1.82, 2.24) is 0 Å². The summed E-state index contributed by atoms with van der Waals surface area (Å²) in [6, 6.07) is 0. The van der Waals surface area contributed by atoms with E-state index in [0.717, 1.165) is 19.3 Å². The first kappa shape index (κ1) is 21.2. The lowest BCUT2D eigenvalue weighted by molar-refractivity contribution is -0.167. The molecule has 0 radical (unpaired) electrons. The van der Waals surface area contributed by atoms with E-state index in [-0.39, 0.29) is 12.8 Å². The predicted molar refractivity (Wildman–Crippen MR) is 75.3 cm³/mol. The van der Waals surface area contributed by atoms with Crippen LogP contribution in [0.3, 0.4) is 0 Å².